The summed E-state index contributed by atoms with van der Waals surface area (Å²) >= 11 is 5.23. The number of fused-ring (bicyclic) bond motifs is 1. The van der Waals surface area contributed by atoms with Crippen LogP contribution in [0.3, 0.4) is 0 Å². The molecule has 0 bridgehead atoms. The number of benzene rings is 1. The molecule has 1 saturated heterocycles. The average molecular weight is 458 g/mol. The van der Waals surface area contributed by atoms with E-state index in [4.69, 9.17) is 9.41 Å². The van der Waals surface area contributed by atoms with Crippen LogP contribution in [-0.4, -0.2) is 26.8 Å². The number of hydrogen-bond acceptors (Lipinski definition) is 5. The molecule has 0 spiro atoms. The fourth-order valence-corrected chi connectivity index (χ4v) is 5.41. The zero-order chi connectivity index (χ0) is 19.3. The van der Waals surface area contributed by atoms with E-state index in [1.54, 1.807) is 24.0 Å². The molecule has 3 aromatic rings. The van der Waals surface area contributed by atoms with Crippen molar-refractivity contribution in [3.05, 3.63) is 76.5 Å². The van der Waals surface area contributed by atoms with Crippen molar-refractivity contribution in [2.75, 3.05) is 6.54 Å². The van der Waals surface area contributed by atoms with Crippen LogP contribution in [0.5, 0.6) is 0 Å². The van der Waals surface area contributed by atoms with Crippen LogP contribution in [-0.2, 0) is 0 Å². The average Bonchev–Trinajstić information content (AvgIpc) is 3.36. The number of rotatable bonds is 3. The van der Waals surface area contributed by atoms with Crippen LogP contribution in [0.25, 0.3) is 11.3 Å². The first-order valence-corrected chi connectivity index (χ1v) is 10.7. The van der Waals surface area contributed by atoms with Gasteiger partial charge in [0, 0.05) is 28.0 Å². The van der Waals surface area contributed by atoms with Crippen molar-refractivity contribution in [2.24, 2.45) is 4.99 Å². The Bertz CT molecular complexity index is 1050. The van der Waals surface area contributed by atoms with Gasteiger partial charge >= 0.3 is 0 Å². The van der Waals surface area contributed by atoms with E-state index in [-0.39, 0.29) is 17.9 Å². The first-order chi connectivity index (χ1) is 13.6. The van der Waals surface area contributed by atoms with E-state index in [1.165, 1.54) is 12.1 Å². The van der Waals surface area contributed by atoms with Gasteiger partial charge in [-0.25, -0.2) is 9.38 Å². The van der Waals surface area contributed by atoms with Crippen molar-refractivity contribution in [1.29, 1.82) is 0 Å². The topological polar surface area (TPSA) is 41.6 Å². The lowest BCUT2D eigenvalue weighted by Gasteiger charge is -2.25. The monoisotopic (exact) mass is 457 g/mol. The maximum atomic E-state index is 13.4. The third-order valence-corrected chi connectivity index (χ3v) is 6.75. The molecular formula is C21H17BrFN3OS. The van der Waals surface area contributed by atoms with Crippen molar-refractivity contribution in [3.8, 4) is 11.3 Å². The van der Waals surface area contributed by atoms with E-state index in [2.05, 4.69) is 32.7 Å². The fourth-order valence-electron chi connectivity index (χ4n) is 3.77. The maximum absolute atomic E-state index is 13.4. The van der Waals surface area contributed by atoms with Gasteiger partial charge in [-0.2, -0.15) is 0 Å². The Morgan fingerprint density at radius 1 is 1.21 bits per heavy atom. The second-order valence-electron chi connectivity index (χ2n) is 6.96. The third kappa shape index (κ3) is 3.06. The molecule has 5 rings (SSSR count). The Kier molecular flexibility index (Phi) is 4.51. The van der Waals surface area contributed by atoms with Gasteiger partial charge in [-0.15, -0.1) is 0 Å². The van der Waals surface area contributed by atoms with Crippen LogP contribution in [0.15, 0.2) is 68.6 Å². The lowest BCUT2D eigenvalue weighted by atomic mass is 10.0. The second kappa shape index (κ2) is 7.04. The Hall–Kier alpha value is -2.12. The van der Waals surface area contributed by atoms with Crippen molar-refractivity contribution in [1.82, 2.24) is 9.88 Å². The molecule has 0 N–H and O–H groups in total. The highest BCUT2D eigenvalue weighted by atomic mass is 79.9. The molecule has 4 nitrogen and oxygen atoms in total. The first-order valence-electron chi connectivity index (χ1n) is 9.07. The summed E-state index contributed by atoms with van der Waals surface area (Å²) in [4.78, 5) is 11.8. The quantitative estimate of drug-likeness (QED) is 0.495. The summed E-state index contributed by atoms with van der Waals surface area (Å²) in [5.41, 5.74) is 1.76. The Morgan fingerprint density at radius 2 is 2.11 bits per heavy atom. The fraction of sp³-hybridized carbons (Fsp3) is 0.238. The molecule has 1 aromatic carbocycles. The van der Waals surface area contributed by atoms with Crippen molar-refractivity contribution in [3.63, 3.8) is 0 Å². The van der Waals surface area contributed by atoms with E-state index in [9.17, 15) is 4.39 Å². The number of pyridine rings is 1. The lowest BCUT2D eigenvalue weighted by molar-refractivity contribution is 0.277. The Labute approximate surface area is 175 Å². The van der Waals surface area contributed by atoms with E-state index in [1.807, 2.05) is 30.3 Å². The Morgan fingerprint density at radius 3 is 2.89 bits per heavy atom. The smallest absolute Gasteiger partial charge is 0.161 e. The van der Waals surface area contributed by atoms with Gasteiger partial charge in [-0.3, -0.25) is 4.98 Å². The van der Waals surface area contributed by atoms with Crippen molar-refractivity contribution < 1.29 is 8.81 Å². The van der Waals surface area contributed by atoms with Crippen LogP contribution in [0.2, 0.25) is 0 Å². The predicted molar refractivity (Wildman–Crippen MR) is 113 cm³/mol. The summed E-state index contributed by atoms with van der Waals surface area (Å²) in [6, 6.07) is 14.3. The van der Waals surface area contributed by atoms with Gasteiger partial charge in [0.2, 0.25) is 0 Å². The van der Waals surface area contributed by atoms with Gasteiger partial charge in [0.1, 0.15) is 29.4 Å². The molecule has 2 aromatic heterocycles. The van der Waals surface area contributed by atoms with Gasteiger partial charge < -0.3 is 9.32 Å². The van der Waals surface area contributed by atoms with E-state index in [0.29, 0.717) is 15.5 Å². The maximum Gasteiger partial charge on any atom is 0.161 e. The molecule has 7 heteroatoms. The number of nitrogens with zero attached hydrogens (tertiary/aromatic N) is 3. The minimum Gasteiger partial charge on any atom is -0.459 e. The van der Waals surface area contributed by atoms with E-state index < -0.39 is 0 Å². The number of halogens is 2. The largest absolute Gasteiger partial charge is 0.459 e. The molecule has 2 aliphatic rings. The Balaban J connectivity index is 1.54. The highest BCUT2D eigenvalue weighted by Gasteiger charge is 2.45. The molecule has 0 radical (unpaired) electrons. The minimum atomic E-state index is -0.283. The second-order valence-corrected chi connectivity index (χ2v) is 9.22. The molecule has 0 saturated carbocycles. The van der Waals surface area contributed by atoms with Gasteiger partial charge in [-0.05, 0) is 58.4 Å². The molecule has 28 heavy (non-hydrogen) atoms. The molecular weight excluding hydrogens is 441 g/mol. The zero-order valence-electron chi connectivity index (χ0n) is 15.0. The van der Waals surface area contributed by atoms with Gasteiger partial charge in [0.15, 0.2) is 5.17 Å². The number of aliphatic imine (C=N–C) groups is 1. The highest BCUT2D eigenvalue weighted by molar-refractivity contribution is 9.10. The normalized spacial score (nSPS) is 23.8. The molecule has 1 fully saturated rings. The van der Waals surface area contributed by atoms with Gasteiger partial charge in [0.25, 0.3) is 0 Å². The van der Waals surface area contributed by atoms with Crippen LogP contribution < -0.4 is 0 Å². The first kappa shape index (κ1) is 17.9. The number of hydrogen-bond donors (Lipinski definition) is 0. The zero-order valence-corrected chi connectivity index (χ0v) is 17.5. The molecule has 3 atom stereocenters. The molecule has 142 valence electrons. The molecule has 2 aliphatic heterocycles. The van der Waals surface area contributed by atoms with Crippen LogP contribution >= 0.6 is 27.7 Å². The summed E-state index contributed by atoms with van der Waals surface area (Å²) < 4.78 is 20.4. The summed E-state index contributed by atoms with van der Waals surface area (Å²) in [5, 5.41) is 1.54. The van der Waals surface area contributed by atoms with E-state index >= 15 is 0 Å². The van der Waals surface area contributed by atoms with Crippen LogP contribution in [0, 0.1) is 5.82 Å². The highest BCUT2D eigenvalue weighted by Crippen LogP contribution is 2.48. The summed E-state index contributed by atoms with van der Waals surface area (Å²) in [5.74, 6) is 1.26. The number of amidine groups is 1. The summed E-state index contributed by atoms with van der Waals surface area (Å²) in [7, 11) is 0. The van der Waals surface area contributed by atoms with E-state index in [0.717, 1.165) is 28.7 Å². The number of aromatic nitrogens is 1. The lowest BCUT2D eigenvalue weighted by Crippen LogP contribution is -2.28. The van der Waals surface area contributed by atoms with Crippen molar-refractivity contribution in [2.45, 2.75) is 24.3 Å². The summed E-state index contributed by atoms with van der Waals surface area (Å²) in [6.07, 6.45) is 1.80. The van der Waals surface area contributed by atoms with Crippen LogP contribution in [0.4, 0.5) is 4.39 Å². The SMILES string of the molecule is CC1CN2C(=NC(c3ccccn3)C2c2ccc(-c3ccc(F)cc3Br)o2)S1. The molecule has 0 aliphatic carbocycles. The van der Waals surface area contributed by atoms with Crippen LogP contribution in [0.1, 0.15) is 30.5 Å². The minimum absolute atomic E-state index is 0.0321. The van der Waals surface area contributed by atoms with Crippen molar-refractivity contribution >= 4 is 32.9 Å². The molecule has 0 amide bonds. The third-order valence-electron chi connectivity index (χ3n) is 5.00. The summed E-state index contributed by atoms with van der Waals surface area (Å²) in [6.45, 7) is 3.13. The number of furan rings is 1. The predicted octanol–water partition coefficient (Wildman–Crippen LogP) is 5.83. The van der Waals surface area contributed by atoms with Gasteiger partial charge in [0.05, 0.1) is 5.69 Å². The number of thioether (sulfide) groups is 1. The van der Waals surface area contributed by atoms with Gasteiger partial charge in [-0.1, -0.05) is 24.8 Å². The molecule has 4 heterocycles. The standard InChI is InChI=1S/C21H17BrFN3OS/c1-12-11-26-20(19(25-21(26)28-12)16-4-2-3-9-24-16)18-8-7-17(27-18)14-6-5-13(23)10-15(14)22/h2-10,12,19-20H,11H2,1H3. The molecule has 3 unspecified atom stereocenters.